The number of aromatic nitrogens is 5. The van der Waals surface area contributed by atoms with Crippen molar-refractivity contribution >= 4 is 17.3 Å². The molecular formula is C15H15N5O4S. The molecule has 0 atom stereocenters. The van der Waals surface area contributed by atoms with Gasteiger partial charge in [-0.05, 0) is 0 Å². The van der Waals surface area contributed by atoms with Crippen LogP contribution in [0.1, 0.15) is 16.2 Å². The minimum Gasteiger partial charge on any atom is -0.455 e. The Labute approximate surface area is 145 Å². The molecule has 0 aliphatic heterocycles. The summed E-state index contributed by atoms with van der Waals surface area (Å²) < 4.78 is 9.06. The number of hydrogen-bond acceptors (Lipinski definition) is 7. The van der Waals surface area contributed by atoms with Gasteiger partial charge in [0.05, 0.1) is 11.9 Å². The third kappa shape index (κ3) is 3.29. The van der Waals surface area contributed by atoms with Gasteiger partial charge in [-0.15, -0.1) is 11.3 Å². The largest absolute Gasteiger partial charge is 0.455 e. The van der Waals surface area contributed by atoms with Crippen molar-refractivity contribution in [3.05, 3.63) is 56.1 Å². The van der Waals surface area contributed by atoms with Crippen LogP contribution in [0.5, 0.6) is 0 Å². The summed E-state index contributed by atoms with van der Waals surface area (Å²) in [5.74, 6) is -0.625. The molecule has 0 saturated carbocycles. The fourth-order valence-corrected chi connectivity index (χ4v) is 2.93. The third-order valence-corrected chi connectivity index (χ3v) is 4.53. The smallest absolute Gasteiger partial charge is 0.358 e. The number of nitrogens with zero attached hydrogens (tertiary/aromatic N) is 5. The monoisotopic (exact) mass is 361 g/mol. The summed E-state index contributed by atoms with van der Waals surface area (Å²) in [4.78, 5) is 39.9. The molecule has 25 heavy (non-hydrogen) atoms. The lowest BCUT2D eigenvalue weighted by molar-refractivity contribution is 0.0456. The summed E-state index contributed by atoms with van der Waals surface area (Å²) >= 11 is 1.30. The topological polar surface area (TPSA) is 101 Å². The molecule has 3 aromatic rings. The molecule has 9 nitrogen and oxygen atoms in total. The molecule has 0 unspecified atom stereocenters. The van der Waals surface area contributed by atoms with Gasteiger partial charge in [-0.2, -0.15) is 5.10 Å². The van der Waals surface area contributed by atoms with E-state index < -0.39 is 17.2 Å². The summed E-state index contributed by atoms with van der Waals surface area (Å²) in [6.45, 7) is -0.194. The van der Waals surface area contributed by atoms with Gasteiger partial charge < -0.3 is 4.74 Å². The lowest BCUT2D eigenvalue weighted by Gasteiger charge is -2.09. The second-order valence-electron chi connectivity index (χ2n) is 5.39. The Hall–Kier alpha value is -3.01. The van der Waals surface area contributed by atoms with E-state index in [9.17, 15) is 14.4 Å². The first-order valence-corrected chi connectivity index (χ1v) is 8.12. The Balaban J connectivity index is 1.75. The van der Waals surface area contributed by atoms with Crippen molar-refractivity contribution in [1.82, 2.24) is 23.9 Å². The predicted octanol–water partition coefficient (Wildman–Crippen LogP) is 0.298. The van der Waals surface area contributed by atoms with Gasteiger partial charge in [0.25, 0.3) is 5.56 Å². The molecule has 0 radical (unpaired) electrons. The Morgan fingerprint density at radius 2 is 2.00 bits per heavy atom. The van der Waals surface area contributed by atoms with E-state index in [2.05, 4.69) is 10.1 Å². The molecule has 130 valence electrons. The highest BCUT2D eigenvalue weighted by atomic mass is 32.1. The minimum atomic E-state index is -0.625. The molecule has 0 aromatic carbocycles. The zero-order valence-electron chi connectivity index (χ0n) is 13.8. The zero-order chi connectivity index (χ0) is 18.1. The van der Waals surface area contributed by atoms with E-state index in [1.807, 2.05) is 0 Å². The SMILES string of the molecule is Cn1cc(-c2nc(C(=O)OCc3cc(=O)n(C)c(=O)n3C)cs2)cn1. The van der Waals surface area contributed by atoms with Gasteiger partial charge in [0.1, 0.15) is 11.6 Å². The number of esters is 1. The molecule has 0 fully saturated rings. The normalized spacial score (nSPS) is 10.8. The van der Waals surface area contributed by atoms with Crippen LogP contribution in [0.2, 0.25) is 0 Å². The molecule has 0 aliphatic carbocycles. The van der Waals surface area contributed by atoms with Crippen molar-refractivity contribution in [3.63, 3.8) is 0 Å². The molecular weight excluding hydrogens is 346 g/mol. The van der Waals surface area contributed by atoms with E-state index >= 15 is 0 Å². The Morgan fingerprint density at radius 3 is 2.68 bits per heavy atom. The van der Waals surface area contributed by atoms with Crippen molar-refractivity contribution in [2.45, 2.75) is 6.61 Å². The Morgan fingerprint density at radius 1 is 1.24 bits per heavy atom. The van der Waals surface area contributed by atoms with Gasteiger partial charge in [0.15, 0.2) is 5.69 Å². The fourth-order valence-electron chi connectivity index (χ4n) is 2.16. The van der Waals surface area contributed by atoms with E-state index in [0.717, 1.165) is 10.1 Å². The average molecular weight is 361 g/mol. The quantitative estimate of drug-likeness (QED) is 0.620. The summed E-state index contributed by atoms with van der Waals surface area (Å²) in [6, 6.07) is 1.26. The lowest BCUT2D eigenvalue weighted by atomic mass is 10.4. The van der Waals surface area contributed by atoms with E-state index in [0.29, 0.717) is 10.7 Å². The van der Waals surface area contributed by atoms with E-state index in [1.165, 1.54) is 36.1 Å². The maximum atomic E-state index is 12.1. The van der Waals surface area contributed by atoms with Crippen LogP contribution in [0.4, 0.5) is 0 Å². The van der Waals surface area contributed by atoms with Gasteiger partial charge in [0, 0.05) is 44.3 Å². The van der Waals surface area contributed by atoms with Crippen LogP contribution in [0.25, 0.3) is 10.6 Å². The molecule has 0 N–H and O–H groups in total. The minimum absolute atomic E-state index is 0.165. The van der Waals surface area contributed by atoms with Crippen LogP contribution in [-0.2, 0) is 32.5 Å². The maximum absolute atomic E-state index is 12.1. The van der Waals surface area contributed by atoms with Gasteiger partial charge in [0.2, 0.25) is 0 Å². The predicted molar refractivity (Wildman–Crippen MR) is 90.4 cm³/mol. The van der Waals surface area contributed by atoms with Gasteiger partial charge in [-0.25, -0.2) is 14.6 Å². The molecule has 3 heterocycles. The summed E-state index contributed by atoms with van der Waals surface area (Å²) in [5.41, 5.74) is 0.343. The summed E-state index contributed by atoms with van der Waals surface area (Å²) in [6.07, 6.45) is 3.45. The number of ether oxygens (including phenoxy) is 1. The van der Waals surface area contributed by atoms with Gasteiger partial charge in [-0.3, -0.25) is 18.6 Å². The number of carbonyl (C=O) groups is 1. The Kier molecular flexibility index (Phi) is 4.36. The standard InChI is InChI=1S/C15H15N5O4S/c1-18-6-9(5-16-18)13-17-11(8-25-13)14(22)24-7-10-4-12(21)20(3)15(23)19(10)2/h4-6,8H,7H2,1-3H3. The van der Waals surface area contributed by atoms with Crippen LogP contribution in [-0.4, -0.2) is 29.9 Å². The number of rotatable bonds is 4. The second kappa shape index (κ2) is 6.48. The molecule has 10 heteroatoms. The van der Waals surface area contributed by atoms with Crippen molar-refractivity contribution in [2.75, 3.05) is 0 Å². The van der Waals surface area contributed by atoms with E-state index in [1.54, 1.807) is 29.5 Å². The highest BCUT2D eigenvalue weighted by Crippen LogP contribution is 2.23. The summed E-state index contributed by atoms with van der Waals surface area (Å²) in [7, 11) is 4.69. The molecule has 0 aliphatic rings. The van der Waals surface area contributed by atoms with Crippen LogP contribution < -0.4 is 11.2 Å². The molecule has 0 saturated heterocycles. The first-order chi connectivity index (χ1) is 11.9. The first-order valence-electron chi connectivity index (χ1n) is 7.24. The van der Waals surface area contributed by atoms with E-state index in [-0.39, 0.29) is 12.3 Å². The average Bonchev–Trinajstić information content (AvgIpc) is 3.23. The molecule has 3 rings (SSSR count). The fraction of sp³-hybridized carbons (Fsp3) is 0.267. The maximum Gasteiger partial charge on any atom is 0.358 e. The van der Waals surface area contributed by atoms with Crippen LogP contribution >= 0.6 is 11.3 Å². The lowest BCUT2D eigenvalue weighted by Crippen LogP contribution is -2.38. The van der Waals surface area contributed by atoms with Crippen molar-refractivity contribution in [1.29, 1.82) is 0 Å². The van der Waals surface area contributed by atoms with Crippen LogP contribution in [0.15, 0.2) is 33.4 Å². The Bertz CT molecular complexity index is 1060. The number of hydrogen-bond donors (Lipinski definition) is 0. The third-order valence-electron chi connectivity index (χ3n) is 3.64. The number of carbonyl (C=O) groups excluding carboxylic acids is 1. The van der Waals surface area contributed by atoms with Crippen molar-refractivity contribution < 1.29 is 9.53 Å². The molecule has 0 bridgehead atoms. The van der Waals surface area contributed by atoms with Gasteiger partial charge in [-0.1, -0.05) is 0 Å². The van der Waals surface area contributed by atoms with Gasteiger partial charge >= 0.3 is 11.7 Å². The number of aryl methyl sites for hydroxylation is 1. The summed E-state index contributed by atoms with van der Waals surface area (Å²) in [5, 5.41) is 6.30. The highest BCUT2D eigenvalue weighted by Gasteiger charge is 2.15. The second-order valence-corrected chi connectivity index (χ2v) is 6.25. The first kappa shape index (κ1) is 16.8. The number of thiazole rings is 1. The van der Waals surface area contributed by atoms with Crippen LogP contribution in [0.3, 0.4) is 0 Å². The molecule has 0 amide bonds. The van der Waals surface area contributed by atoms with E-state index in [4.69, 9.17) is 4.74 Å². The van der Waals surface area contributed by atoms with Crippen LogP contribution in [0, 0.1) is 0 Å². The zero-order valence-corrected chi connectivity index (χ0v) is 14.6. The van der Waals surface area contributed by atoms with Crippen molar-refractivity contribution in [3.8, 4) is 10.6 Å². The van der Waals surface area contributed by atoms with Crippen molar-refractivity contribution in [2.24, 2.45) is 21.1 Å². The highest BCUT2D eigenvalue weighted by molar-refractivity contribution is 7.13. The molecule has 0 spiro atoms. The molecule has 3 aromatic heterocycles.